The molecule has 1 unspecified atom stereocenters. The lowest BCUT2D eigenvalue weighted by Crippen LogP contribution is -2.51. The fourth-order valence-corrected chi connectivity index (χ4v) is 4.87. The highest BCUT2D eigenvalue weighted by Crippen LogP contribution is 2.31. The number of nitrogens with one attached hydrogen (secondary N) is 3. The molecule has 2 aromatic rings. The Bertz CT molecular complexity index is 967. The first-order valence-electron chi connectivity index (χ1n) is 11.4. The van der Waals surface area contributed by atoms with Crippen LogP contribution in [0.2, 0.25) is 10.0 Å². The standard InChI is InChI=1S/C25H30Cl2FN3O2/c1-2-19(20-9-6-10-21(27)23(20)28)24(25(33)31-18-7-4-3-5-8-18)29-14-16-11-12-17(26)13-22(16)30-15-32/h6,9-13,15,18-19,24,29H,2-5,7-8,14H2,1H3,(H,30,32)(H,31,33)/t19?,24-/m1/s1. The molecule has 1 fully saturated rings. The predicted octanol–water partition coefficient (Wildman–Crippen LogP) is 5.80. The molecule has 1 aliphatic carbocycles. The van der Waals surface area contributed by atoms with Gasteiger partial charge in [-0.2, -0.15) is 0 Å². The number of hydrogen-bond acceptors (Lipinski definition) is 3. The van der Waals surface area contributed by atoms with Crippen molar-refractivity contribution >= 4 is 41.2 Å². The normalized spacial score (nSPS) is 16.1. The van der Waals surface area contributed by atoms with E-state index in [9.17, 15) is 14.0 Å². The van der Waals surface area contributed by atoms with Gasteiger partial charge in [0.2, 0.25) is 12.3 Å². The number of amides is 2. The van der Waals surface area contributed by atoms with Gasteiger partial charge in [0.25, 0.3) is 0 Å². The van der Waals surface area contributed by atoms with E-state index in [2.05, 4.69) is 16.0 Å². The van der Waals surface area contributed by atoms with Gasteiger partial charge >= 0.3 is 0 Å². The van der Waals surface area contributed by atoms with Gasteiger partial charge in [-0.05, 0) is 48.6 Å². The highest BCUT2D eigenvalue weighted by Gasteiger charge is 2.32. The SMILES string of the molecule is CCC(c1cccc(Cl)c1F)[C@@H](NCc1ccc(Cl)cc1NC=O)C(=O)NC1CCCCC1. The molecule has 2 amide bonds. The fourth-order valence-electron chi connectivity index (χ4n) is 4.52. The maximum absolute atomic E-state index is 14.9. The van der Waals surface area contributed by atoms with E-state index >= 15 is 0 Å². The van der Waals surface area contributed by atoms with Gasteiger partial charge in [0, 0.05) is 29.2 Å². The van der Waals surface area contributed by atoms with Gasteiger partial charge in [-0.25, -0.2) is 4.39 Å². The molecule has 0 bridgehead atoms. The summed E-state index contributed by atoms with van der Waals surface area (Å²) in [5.74, 6) is -1.09. The number of rotatable bonds is 10. The first-order valence-corrected chi connectivity index (χ1v) is 12.2. The summed E-state index contributed by atoms with van der Waals surface area (Å²) in [5, 5.41) is 9.66. The van der Waals surface area contributed by atoms with Crippen molar-refractivity contribution in [3.8, 4) is 0 Å². The molecule has 0 radical (unpaired) electrons. The molecule has 0 heterocycles. The van der Waals surface area contributed by atoms with Crippen LogP contribution in [0, 0.1) is 5.82 Å². The van der Waals surface area contributed by atoms with Crippen LogP contribution in [-0.4, -0.2) is 24.4 Å². The molecule has 33 heavy (non-hydrogen) atoms. The molecule has 1 aliphatic rings. The smallest absolute Gasteiger partial charge is 0.237 e. The van der Waals surface area contributed by atoms with Crippen LogP contribution in [0.25, 0.3) is 0 Å². The molecule has 2 aromatic carbocycles. The van der Waals surface area contributed by atoms with Gasteiger partial charge in [-0.1, -0.05) is 67.6 Å². The first-order chi connectivity index (χ1) is 15.9. The van der Waals surface area contributed by atoms with Crippen molar-refractivity contribution in [2.24, 2.45) is 0 Å². The number of carbonyl (C=O) groups is 2. The molecule has 178 valence electrons. The number of hydrogen-bond donors (Lipinski definition) is 3. The second-order valence-electron chi connectivity index (χ2n) is 8.42. The molecule has 1 saturated carbocycles. The average Bonchev–Trinajstić information content (AvgIpc) is 2.81. The summed E-state index contributed by atoms with van der Waals surface area (Å²) in [6.07, 6.45) is 6.38. The van der Waals surface area contributed by atoms with Crippen LogP contribution >= 0.6 is 23.2 Å². The van der Waals surface area contributed by atoms with Crippen molar-refractivity contribution in [2.45, 2.75) is 70.0 Å². The molecule has 0 spiro atoms. The zero-order valence-electron chi connectivity index (χ0n) is 18.7. The van der Waals surface area contributed by atoms with E-state index in [1.54, 1.807) is 30.3 Å². The van der Waals surface area contributed by atoms with Crippen LogP contribution in [0.1, 0.15) is 62.5 Å². The number of carbonyl (C=O) groups excluding carboxylic acids is 2. The Morgan fingerprint density at radius 1 is 1.18 bits per heavy atom. The highest BCUT2D eigenvalue weighted by molar-refractivity contribution is 6.31. The van der Waals surface area contributed by atoms with Crippen LogP contribution in [-0.2, 0) is 16.1 Å². The first kappa shape index (κ1) is 25.5. The number of halogens is 3. The largest absolute Gasteiger partial charge is 0.352 e. The maximum Gasteiger partial charge on any atom is 0.237 e. The zero-order valence-corrected chi connectivity index (χ0v) is 20.2. The predicted molar refractivity (Wildman–Crippen MR) is 131 cm³/mol. The fraction of sp³-hybridized carbons (Fsp3) is 0.440. The van der Waals surface area contributed by atoms with E-state index in [0.29, 0.717) is 29.1 Å². The average molecular weight is 494 g/mol. The quantitative estimate of drug-likeness (QED) is 0.366. The van der Waals surface area contributed by atoms with Gasteiger partial charge in [0.1, 0.15) is 5.82 Å². The van der Waals surface area contributed by atoms with Crippen LogP contribution in [0.3, 0.4) is 0 Å². The Morgan fingerprint density at radius 2 is 1.94 bits per heavy atom. The van der Waals surface area contributed by atoms with Crippen molar-refractivity contribution in [3.63, 3.8) is 0 Å². The van der Waals surface area contributed by atoms with E-state index in [-0.39, 0.29) is 23.5 Å². The molecule has 3 N–H and O–H groups in total. The Balaban J connectivity index is 1.88. The summed E-state index contributed by atoms with van der Waals surface area (Å²) in [6, 6.07) is 9.48. The van der Waals surface area contributed by atoms with Crippen molar-refractivity contribution in [1.82, 2.24) is 10.6 Å². The Hall–Kier alpha value is -2.15. The third-order valence-electron chi connectivity index (χ3n) is 6.26. The van der Waals surface area contributed by atoms with E-state index in [1.807, 2.05) is 6.92 Å². The lowest BCUT2D eigenvalue weighted by Gasteiger charge is -2.31. The summed E-state index contributed by atoms with van der Waals surface area (Å²) in [7, 11) is 0. The van der Waals surface area contributed by atoms with E-state index in [0.717, 1.165) is 31.2 Å². The third kappa shape index (κ3) is 6.69. The van der Waals surface area contributed by atoms with Gasteiger partial charge in [0.05, 0.1) is 11.1 Å². The summed E-state index contributed by atoms with van der Waals surface area (Å²) < 4.78 is 14.9. The maximum atomic E-state index is 14.9. The Labute approximate surface area is 204 Å². The Morgan fingerprint density at radius 3 is 2.64 bits per heavy atom. The van der Waals surface area contributed by atoms with Crippen LogP contribution in [0.4, 0.5) is 10.1 Å². The van der Waals surface area contributed by atoms with E-state index < -0.39 is 17.8 Å². The zero-order chi connectivity index (χ0) is 23.8. The lowest BCUT2D eigenvalue weighted by atomic mass is 9.87. The second kappa shape index (κ2) is 12.4. The number of benzene rings is 2. The van der Waals surface area contributed by atoms with Crippen molar-refractivity contribution < 1.29 is 14.0 Å². The summed E-state index contributed by atoms with van der Waals surface area (Å²) in [6.45, 7) is 2.21. The molecule has 0 saturated heterocycles. The van der Waals surface area contributed by atoms with Crippen molar-refractivity contribution in [2.75, 3.05) is 5.32 Å². The van der Waals surface area contributed by atoms with E-state index in [1.165, 1.54) is 12.5 Å². The molecule has 2 atom stereocenters. The van der Waals surface area contributed by atoms with Crippen LogP contribution in [0.5, 0.6) is 0 Å². The number of anilines is 1. The summed E-state index contributed by atoms with van der Waals surface area (Å²) >= 11 is 12.1. The van der Waals surface area contributed by atoms with Gasteiger partial charge in [-0.15, -0.1) is 0 Å². The molecule has 0 aromatic heterocycles. The van der Waals surface area contributed by atoms with E-state index in [4.69, 9.17) is 23.2 Å². The summed E-state index contributed by atoms with van der Waals surface area (Å²) in [5.41, 5.74) is 1.73. The molecular formula is C25H30Cl2FN3O2. The molecule has 5 nitrogen and oxygen atoms in total. The summed E-state index contributed by atoms with van der Waals surface area (Å²) in [4.78, 5) is 24.5. The van der Waals surface area contributed by atoms with Crippen LogP contribution in [0.15, 0.2) is 36.4 Å². The second-order valence-corrected chi connectivity index (χ2v) is 9.27. The minimum absolute atomic E-state index is 0.0348. The van der Waals surface area contributed by atoms with Gasteiger partial charge in [-0.3, -0.25) is 9.59 Å². The van der Waals surface area contributed by atoms with Crippen molar-refractivity contribution in [1.29, 1.82) is 0 Å². The topological polar surface area (TPSA) is 70.2 Å². The third-order valence-corrected chi connectivity index (χ3v) is 6.78. The van der Waals surface area contributed by atoms with Gasteiger partial charge in [0.15, 0.2) is 0 Å². The van der Waals surface area contributed by atoms with Crippen LogP contribution < -0.4 is 16.0 Å². The monoisotopic (exact) mass is 493 g/mol. The molecule has 0 aliphatic heterocycles. The minimum Gasteiger partial charge on any atom is -0.352 e. The lowest BCUT2D eigenvalue weighted by molar-refractivity contribution is -0.124. The van der Waals surface area contributed by atoms with Gasteiger partial charge < -0.3 is 16.0 Å². The minimum atomic E-state index is -0.690. The molecule has 8 heteroatoms. The molecular weight excluding hydrogens is 464 g/mol. The Kier molecular flexibility index (Phi) is 9.53. The highest BCUT2D eigenvalue weighted by atomic mass is 35.5. The van der Waals surface area contributed by atoms with Crippen molar-refractivity contribution in [3.05, 3.63) is 63.4 Å². The molecule has 3 rings (SSSR count).